The fraction of sp³-hybridized carbons (Fsp3) is 0.250. The van der Waals surface area contributed by atoms with Crippen LogP contribution < -0.4 is 15.4 Å². The second kappa shape index (κ2) is 8.53. The van der Waals surface area contributed by atoms with Crippen LogP contribution in [0, 0.1) is 0 Å². The van der Waals surface area contributed by atoms with E-state index in [0.717, 1.165) is 22.6 Å². The summed E-state index contributed by atoms with van der Waals surface area (Å²) in [7, 11) is 0. The van der Waals surface area contributed by atoms with Crippen LogP contribution >= 0.6 is 22.7 Å². The molecule has 8 heteroatoms. The summed E-state index contributed by atoms with van der Waals surface area (Å²) in [5.41, 5.74) is 1.65. The molecule has 0 fully saturated rings. The maximum Gasteiger partial charge on any atom is 0.231 e. The van der Waals surface area contributed by atoms with Crippen LogP contribution in [0.3, 0.4) is 0 Å². The Kier molecular flexibility index (Phi) is 5.68. The van der Waals surface area contributed by atoms with E-state index in [1.165, 1.54) is 11.3 Å². The highest BCUT2D eigenvalue weighted by Crippen LogP contribution is 2.31. The van der Waals surface area contributed by atoms with Crippen LogP contribution in [0.1, 0.15) is 28.6 Å². The lowest BCUT2D eigenvalue weighted by Gasteiger charge is -2.26. The fourth-order valence-corrected chi connectivity index (χ4v) is 4.51. The van der Waals surface area contributed by atoms with Gasteiger partial charge in [0.25, 0.3) is 0 Å². The first kappa shape index (κ1) is 18.6. The van der Waals surface area contributed by atoms with Gasteiger partial charge in [-0.15, -0.1) is 22.7 Å². The predicted molar refractivity (Wildman–Crippen MR) is 110 cm³/mol. The van der Waals surface area contributed by atoms with Crippen LogP contribution in [-0.4, -0.2) is 23.4 Å². The van der Waals surface area contributed by atoms with Crippen LogP contribution in [0.25, 0.3) is 0 Å². The van der Waals surface area contributed by atoms with Crippen LogP contribution in [0.15, 0.2) is 47.2 Å². The molecular weight excluding hydrogens is 394 g/mol. The molecule has 144 valence electrons. The van der Waals surface area contributed by atoms with E-state index in [4.69, 9.17) is 4.74 Å². The summed E-state index contributed by atoms with van der Waals surface area (Å²) in [5, 5.41) is 10.1. The molecule has 6 nitrogen and oxygen atoms in total. The van der Waals surface area contributed by atoms with E-state index in [-0.39, 0.29) is 24.3 Å². The fourth-order valence-electron chi connectivity index (χ4n) is 3.08. The number of carbonyl (C=O) groups excluding carboxylic acids is 2. The third kappa shape index (κ3) is 4.58. The number of para-hydroxylation sites is 1. The minimum absolute atomic E-state index is 0.0546. The van der Waals surface area contributed by atoms with Crippen molar-refractivity contribution in [3.63, 3.8) is 0 Å². The molecule has 1 unspecified atom stereocenters. The molecule has 1 aromatic carbocycles. The van der Waals surface area contributed by atoms with Crippen LogP contribution in [0.4, 0.5) is 5.13 Å². The number of anilines is 1. The standard InChI is InChI=1S/C20H19N3O3S2/c24-18(22-16-7-8-26-17-6-2-1-5-15(16)17)10-13-12-28-20(21-13)23-19(25)11-14-4-3-9-27-14/h1-6,9,12,16H,7-8,10-11H2,(H,22,24)(H,21,23,25). The molecule has 2 N–H and O–H groups in total. The first-order valence-electron chi connectivity index (χ1n) is 8.95. The Morgan fingerprint density at radius 2 is 2.00 bits per heavy atom. The molecule has 0 saturated carbocycles. The number of amides is 2. The normalized spacial score (nSPS) is 15.4. The number of nitrogens with one attached hydrogen (secondary N) is 2. The maximum absolute atomic E-state index is 12.5. The Bertz CT molecular complexity index is 969. The van der Waals surface area contributed by atoms with Gasteiger partial charge in [-0.2, -0.15) is 0 Å². The summed E-state index contributed by atoms with van der Waals surface area (Å²) in [6.45, 7) is 0.582. The van der Waals surface area contributed by atoms with Gasteiger partial charge in [0.15, 0.2) is 5.13 Å². The molecule has 3 aromatic rings. The second-order valence-corrected chi connectivity index (χ2v) is 8.31. The average Bonchev–Trinajstić information content (AvgIpc) is 3.34. The third-order valence-corrected chi connectivity index (χ3v) is 6.03. The first-order valence-corrected chi connectivity index (χ1v) is 10.7. The van der Waals surface area contributed by atoms with E-state index in [2.05, 4.69) is 15.6 Å². The molecule has 0 saturated heterocycles. The first-order chi connectivity index (χ1) is 13.7. The quantitative estimate of drug-likeness (QED) is 0.647. The Balaban J connectivity index is 1.31. The predicted octanol–water partition coefficient (Wildman–Crippen LogP) is 3.57. The van der Waals surface area contributed by atoms with Crippen molar-refractivity contribution in [3.8, 4) is 5.75 Å². The van der Waals surface area contributed by atoms with Crippen LogP contribution in [-0.2, 0) is 22.4 Å². The monoisotopic (exact) mass is 413 g/mol. The van der Waals surface area contributed by atoms with Gasteiger partial charge in [0.2, 0.25) is 11.8 Å². The SMILES string of the molecule is O=C(Cc1cccs1)Nc1nc(CC(=O)NC2CCOc3ccccc32)cs1. The number of ether oxygens (including phenoxy) is 1. The Morgan fingerprint density at radius 3 is 2.86 bits per heavy atom. The van der Waals surface area contributed by atoms with E-state index in [0.29, 0.717) is 23.9 Å². The van der Waals surface area contributed by atoms with Crippen molar-refractivity contribution in [1.82, 2.24) is 10.3 Å². The Labute approximate surface area is 170 Å². The number of nitrogens with zero attached hydrogens (tertiary/aromatic N) is 1. The summed E-state index contributed by atoms with van der Waals surface area (Å²) in [6.07, 6.45) is 1.25. The number of aromatic nitrogens is 1. The van der Waals surface area contributed by atoms with Gasteiger partial charge in [-0.25, -0.2) is 4.98 Å². The van der Waals surface area contributed by atoms with Gasteiger partial charge in [0.05, 0.1) is 31.2 Å². The largest absolute Gasteiger partial charge is 0.493 e. The minimum Gasteiger partial charge on any atom is -0.493 e. The lowest BCUT2D eigenvalue weighted by Crippen LogP contribution is -2.33. The van der Waals surface area contributed by atoms with Gasteiger partial charge in [-0.05, 0) is 17.5 Å². The minimum atomic E-state index is -0.105. The van der Waals surface area contributed by atoms with Crippen molar-refractivity contribution in [2.45, 2.75) is 25.3 Å². The van der Waals surface area contributed by atoms with Gasteiger partial charge < -0.3 is 15.4 Å². The molecular formula is C20H19N3O3S2. The van der Waals surface area contributed by atoms with Crippen LogP contribution in [0.5, 0.6) is 5.75 Å². The molecule has 2 aromatic heterocycles. The van der Waals surface area contributed by atoms with Gasteiger partial charge in [-0.3, -0.25) is 9.59 Å². The Hall–Kier alpha value is -2.71. The smallest absolute Gasteiger partial charge is 0.231 e. The molecule has 1 aliphatic heterocycles. The number of rotatable bonds is 6. The van der Waals surface area contributed by atoms with E-state index in [1.807, 2.05) is 41.8 Å². The number of hydrogen-bond donors (Lipinski definition) is 2. The number of thiophene rings is 1. The second-order valence-electron chi connectivity index (χ2n) is 6.42. The number of fused-ring (bicyclic) bond motifs is 1. The molecule has 0 bridgehead atoms. The summed E-state index contributed by atoms with van der Waals surface area (Å²) < 4.78 is 5.63. The molecule has 0 aliphatic carbocycles. The Morgan fingerprint density at radius 1 is 1.11 bits per heavy atom. The molecule has 1 aliphatic rings. The van der Waals surface area contributed by atoms with Crippen molar-refractivity contribution in [2.24, 2.45) is 0 Å². The number of thiazole rings is 1. The van der Waals surface area contributed by atoms with E-state index < -0.39 is 0 Å². The molecule has 0 spiro atoms. The van der Waals surface area contributed by atoms with Crippen molar-refractivity contribution in [1.29, 1.82) is 0 Å². The molecule has 3 heterocycles. The van der Waals surface area contributed by atoms with Crippen molar-refractivity contribution in [3.05, 3.63) is 63.3 Å². The number of carbonyl (C=O) groups is 2. The summed E-state index contributed by atoms with van der Waals surface area (Å²) in [6, 6.07) is 11.6. The van der Waals surface area contributed by atoms with E-state index >= 15 is 0 Å². The van der Waals surface area contributed by atoms with Gasteiger partial charge in [-0.1, -0.05) is 24.3 Å². The zero-order valence-corrected chi connectivity index (χ0v) is 16.6. The van der Waals surface area contributed by atoms with Gasteiger partial charge in [0, 0.05) is 22.2 Å². The lowest BCUT2D eigenvalue weighted by atomic mass is 10.0. The highest BCUT2D eigenvalue weighted by molar-refractivity contribution is 7.14. The topological polar surface area (TPSA) is 80.3 Å². The zero-order valence-electron chi connectivity index (χ0n) is 15.0. The molecule has 28 heavy (non-hydrogen) atoms. The summed E-state index contributed by atoms with van der Waals surface area (Å²) >= 11 is 2.87. The van der Waals surface area contributed by atoms with Crippen molar-refractivity contribution < 1.29 is 14.3 Å². The molecule has 0 radical (unpaired) electrons. The van der Waals surface area contributed by atoms with Crippen LogP contribution in [0.2, 0.25) is 0 Å². The molecule has 2 amide bonds. The summed E-state index contributed by atoms with van der Waals surface area (Å²) in [4.78, 5) is 29.9. The number of benzene rings is 1. The summed E-state index contributed by atoms with van der Waals surface area (Å²) in [5.74, 6) is 0.624. The van der Waals surface area contributed by atoms with Gasteiger partial charge >= 0.3 is 0 Å². The van der Waals surface area contributed by atoms with Crippen molar-refractivity contribution in [2.75, 3.05) is 11.9 Å². The van der Waals surface area contributed by atoms with Gasteiger partial charge in [0.1, 0.15) is 5.75 Å². The van der Waals surface area contributed by atoms with E-state index in [9.17, 15) is 9.59 Å². The molecule has 1 atom stereocenters. The average molecular weight is 414 g/mol. The van der Waals surface area contributed by atoms with Crippen molar-refractivity contribution >= 4 is 39.6 Å². The van der Waals surface area contributed by atoms with E-state index in [1.54, 1.807) is 16.7 Å². The molecule has 4 rings (SSSR count). The highest BCUT2D eigenvalue weighted by Gasteiger charge is 2.23. The highest BCUT2D eigenvalue weighted by atomic mass is 32.1. The lowest BCUT2D eigenvalue weighted by molar-refractivity contribution is -0.121. The maximum atomic E-state index is 12.5. The number of hydrogen-bond acceptors (Lipinski definition) is 6. The zero-order chi connectivity index (χ0) is 19.3. The third-order valence-electron chi connectivity index (χ3n) is 4.35.